The van der Waals surface area contributed by atoms with E-state index < -0.39 is 0 Å². The summed E-state index contributed by atoms with van der Waals surface area (Å²) in [6.45, 7) is 8.06. The van der Waals surface area contributed by atoms with Crippen molar-refractivity contribution >= 4 is 0 Å². The molecule has 142 valence electrons. The second-order valence-electron chi connectivity index (χ2n) is 6.93. The number of aromatic nitrogens is 2. The molecule has 0 radical (unpaired) electrons. The van der Waals surface area contributed by atoms with Crippen molar-refractivity contribution < 1.29 is 9.84 Å². The Kier molecular flexibility index (Phi) is 6.66. The van der Waals surface area contributed by atoms with Gasteiger partial charge in [-0.2, -0.15) is 5.10 Å². The molecule has 1 aliphatic heterocycles. The summed E-state index contributed by atoms with van der Waals surface area (Å²) in [6, 6.07) is 8.62. The van der Waals surface area contributed by atoms with Crippen LogP contribution in [0.15, 0.2) is 36.7 Å². The lowest BCUT2D eigenvalue weighted by Gasteiger charge is -2.41. The van der Waals surface area contributed by atoms with Gasteiger partial charge >= 0.3 is 0 Å². The summed E-state index contributed by atoms with van der Waals surface area (Å²) < 4.78 is 7.31. The van der Waals surface area contributed by atoms with E-state index in [-0.39, 0.29) is 6.61 Å². The molecule has 1 unspecified atom stereocenters. The second kappa shape index (κ2) is 9.16. The molecule has 1 N–H and O–H groups in total. The van der Waals surface area contributed by atoms with Crippen LogP contribution in [0.1, 0.15) is 24.5 Å². The zero-order valence-electron chi connectivity index (χ0n) is 15.8. The number of rotatable bonds is 8. The fourth-order valence-electron chi connectivity index (χ4n) is 3.66. The van der Waals surface area contributed by atoms with Crippen molar-refractivity contribution in [3.8, 4) is 5.75 Å². The second-order valence-corrected chi connectivity index (χ2v) is 6.93. The van der Waals surface area contributed by atoms with Gasteiger partial charge in [0.2, 0.25) is 0 Å². The number of hydrogen-bond acceptors (Lipinski definition) is 5. The highest BCUT2D eigenvalue weighted by atomic mass is 16.5. The summed E-state index contributed by atoms with van der Waals surface area (Å²) in [6.07, 6.45) is 4.89. The minimum absolute atomic E-state index is 0.223. The summed E-state index contributed by atoms with van der Waals surface area (Å²) in [5.74, 6) is 0.896. The largest absolute Gasteiger partial charge is 0.497 e. The third-order valence-electron chi connectivity index (χ3n) is 5.09. The van der Waals surface area contributed by atoms with Crippen molar-refractivity contribution in [2.75, 3.05) is 33.4 Å². The summed E-state index contributed by atoms with van der Waals surface area (Å²) >= 11 is 0. The lowest BCUT2D eigenvalue weighted by atomic mass is 10.1. The van der Waals surface area contributed by atoms with E-state index in [9.17, 15) is 5.11 Å². The van der Waals surface area contributed by atoms with Crippen molar-refractivity contribution in [3.05, 3.63) is 47.8 Å². The predicted molar refractivity (Wildman–Crippen MR) is 102 cm³/mol. The number of ether oxygens (including phenoxy) is 1. The number of methoxy groups -OCH3 is 1. The Hall–Kier alpha value is -1.89. The van der Waals surface area contributed by atoms with Crippen molar-refractivity contribution in [1.29, 1.82) is 0 Å². The molecular weight excluding hydrogens is 328 g/mol. The van der Waals surface area contributed by atoms with Gasteiger partial charge in [0.05, 0.1) is 13.3 Å². The Morgan fingerprint density at radius 2 is 2.12 bits per heavy atom. The highest BCUT2D eigenvalue weighted by Gasteiger charge is 2.26. The van der Waals surface area contributed by atoms with E-state index in [0.29, 0.717) is 6.04 Å². The van der Waals surface area contributed by atoms with Gasteiger partial charge in [-0.15, -0.1) is 0 Å². The molecule has 1 aromatic heterocycles. The number of piperazine rings is 1. The third-order valence-corrected chi connectivity index (χ3v) is 5.09. The molecule has 0 amide bonds. The first kappa shape index (κ1) is 18.9. The Morgan fingerprint density at radius 1 is 1.23 bits per heavy atom. The molecule has 1 saturated heterocycles. The van der Waals surface area contributed by atoms with Crippen LogP contribution in [0.25, 0.3) is 0 Å². The topological polar surface area (TPSA) is 53.8 Å². The molecule has 6 heteroatoms. The molecule has 2 aromatic rings. The van der Waals surface area contributed by atoms with Gasteiger partial charge in [0.25, 0.3) is 0 Å². The van der Waals surface area contributed by atoms with E-state index >= 15 is 0 Å². The van der Waals surface area contributed by atoms with E-state index in [0.717, 1.165) is 51.4 Å². The molecule has 1 aliphatic rings. The lowest BCUT2D eigenvalue weighted by molar-refractivity contribution is 0.0499. The molecule has 0 saturated carbocycles. The lowest BCUT2D eigenvalue weighted by Crippen LogP contribution is -2.52. The number of hydrogen-bond donors (Lipinski definition) is 1. The van der Waals surface area contributed by atoms with Gasteiger partial charge < -0.3 is 9.84 Å². The minimum Gasteiger partial charge on any atom is -0.497 e. The van der Waals surface area contributed by atoms with Crippen LogP contribution < -0.4 is 4.74 Å². The molecule has 0 bridgehead atoms. The molecule has 2 heterocycles. The van der Waals surface area contributed by atoms with Gasteiger partial charge in [-0.05, 0) is 31.0 Å². The highest BCUT2D eigenvalue weighted by Crippen LogP contribution is 2.20. The SMILES string of the molecule is CCn1cc(CN2CCN(Cc3cccc(OC)c3)C(CCO)C2)cn1. The van der Waals surface area contributed by atoms with Crippen LogP contribution in [-0.4, -0.2) is 64.1 Å². The van der Waals surface area contributed by atoms with Crippen molar-refractivity contribution in [3.63, 3.8) is 0 Å². The molecule has 0 spiro atoms. The number of aliphatic hydroxyl groups is 1. The zero-order chi connectivity index (χ0) is 18.4. The first-order chi connectivity index (χ1) is 12.7. The maximum absolute atomic E-state index is 9.52. The quantitative estimate of drug-likeness (QED) is 0.782. The molecule has 1 atom stereocenters. The van der Waals surface area contributed by atoms with Crippen LogP contribution in [0.2, 0.25) is 0 Å². The first-order valence-electron chi connectivity index (χ1n) is 9.43. The Labute approximate surface area is 156 Å². The van der Waals surface area contributed by atoms with E-state index in [1.165, 1.54) is 11.1 Å². The van der Waals surface area contributed by atoms with E-state index in [1.54, 1.807) is 7.11 Å². The fraction of sp³-hybridized carbons (Fsp3) is 0.550. The number of benzene rings is 1. The zero-order valence-corrected chi connectivity index (χ0v) is 15.8. The molecule has 3 rings (SSSR count). The van der Waals surface area contributed by atoms with Gasteiger partial charge in [-0.25, -0.2) is 0 Å². The highest BCUT2D eigenvalue weighted by molar-refractivity contribution is 5.28. The van der Waals surface area contributed by atoms with Gasteiger partial charge in [0.15, 0.2) is 0 Å². The summed E-state index contributed by atoms with van der Waals surface area (Å²) in [5.41, 5.74) is 2.51. The number of nitrogens with zero attached hydrogens (tertiary/aromatic N) is 4. The third kappa shape index (κ3) is 4.84. The van der Waals surface area contributed by atoms with Crippen LogP contribution >= 0.6 is 0 Å². The van der Waals surface area contributed by atoms with E-state index in [4.69, 9.17) is 4.74 Å². The average Bonchev–Trinajstić information content (AvgIpc) is 3.12. The summed E-state index contributed by atoms with van der Waals surface area (Å²) in [7, 11) is 1.70. The monoisotopic (exact) mass is 358 g/mol. The Balaban J connectivity index is 1.61. The first-order valence-corrected chi connectivity index (χ1v) is 9.43. The minimum atomic E-state index is 0.223. The fourth-order valence-corrected chi connectivity index (χ4v) is 3.66. The standard InChI is InChI=1S/C20H30N4O2/c1-3-24-15-18(12-21-24)13-22-8-9-23(19(16-22)7-10-25)14-17-5-4-6-20(11-17)26-2/h4-6,11-12,15,19,25H,3,7-10,13-14,16H2,1-2H3. The molecular formula is C20H30N4O2. The average molecular weight is 358 g/mol. The predicted octanol–water partition coefficient (Wildman–Crippen LogP) is 1.98. The maximum atomic E-state index is 9.52. The van der Waals surface area contributed by atoms with E-state index in [2.05, 4.69) is 40.2 Å². The van der Waals surface area contributed by atoms with Gasteiger partial charge in [0, 0.05) is 63.7 Å². The molecule has 1 fully saturated rings. The normalized spacial score (nSPS) is 19.0. The van der Waals surface area contributed by atoms with Crippen molar-refractivity contribution in [1.82, 2.24) is 19.6 Å². The van der Waals surface area contributed by atoms with Gasteiger partial charge in [-0.1, -0.05) is 12.1 Å². The van der Waals surface area contributed by atoms with Crippen molar-refractivity contribution in [2.45, 2.75) is 39.0 Å². The molecule has 26 heavy (non-hydrogen) atoms. The maximum Gasteiger partial charge on any atom is 0.119 e. The molecule has 1 aromatic carbocycles. The van der Waals surface area contributed by atoms with Crippen LogP contribution in [0.5, 0.6) is 5.75 Å². The van der Waals surface area contributed by atoms with Gasteiger partial charge in [-0.3, -0.25) is 14.5 Å². The molecule has 6 nitrogen and oxygen atoms in total. The Bertz CT molecular complexity index is 688. The van der Waals surface area contributed by atoms with Crippen LogP contribution in [0.3, 0.4) is 0 Å². The Morgan fingerprint density at radius 3 is 2.85 bits per heavy atom. The summed E-state index contributed by atoms with van der Waals surface area (Å²) in [4.78, 5) is 4.95. The van der Waals surface area contributed by atoms with Crippen molar-refractivity contribution in [2.24, 2.45) is 0 Å². The summed E-state index contributed by atoms with van der Waals surface area (Å²) in [5, 5.41) is 13.9. The van der Waals surface area contributed by atoms with Gasteiger partial charge in [0.1, 0.15) is 5.75 Å². The van der Waals surface area contributed by atoms with Crippen LogP contribution in [0, 0.1) is 0 Å². The van der Waals surface area contributed by atoms with E-state index in [1.807, 2.05) is 23.0 Å². The number of aliphatic hydroxyl groups excluding tert-OH is 1. The number of aryl methyl sites for hydroxylation is 1. The van der Waals surface area contributed by atoms with Crippen LogP contribution in [0.4, 0.5) is 0 Å². The smallest absolute Gasteiger partial charge is 0.119 e. The van der Waals surface area contributed by atoms with Crippen LogP contribution in [-0.2, 0) is 19.6 Å². The molecule has 0 aliphatic carbocycles.